The second-order valence-electron chi connectivity index (χ2n) is 4.98. The van der Waals surface area contributed by atoms with Crippen molar-refractivity contribution in [2.45, 2.75) is 32.1 Å². The van der Waals surface area contributed by atoms with Crippen LogP contribution in [-0.4, -0.2) is 16.9 Å². The summed E-state index contributed by atoms with van der Waals surface area (Å²) in [6.45, 7) is 3.71. The molecule has 0 aromatic heterocycles. The van der Waals surface area contributed by atoms with Crippen molar-refractivity contribution in [1.82, 2.24) is 0 Å². The number of ketones is 1. The van der Waals surface area contributed by atoms with E-state index in [1.807, 2.05) is 13.8 Å². The van der Waals surface area contributed by atoms with Crippen LogP contribution in [0.1, 0.15) is 42.6 Å². The largest absolute Gasteiger partial charge is 0.481 e. The van der Waals surface area contributed by atoms with Crippen molar-refractivity contribution >= 4 is 11.8 Å². The van der Waals surface area contributed by atoms with Gasteiger partial charge in [0.05, 0.1) is 5.41 Å². The average Bonchev–Trinajstić information content (AvgIpc) is 3.09. The van der Waals surface area contributed by atoms with Gasteiger partial charge < -0.3 is 5.11 Å². The van der Waals surface area contributed by atoms with E-state index in [1.54, 1.807) is 24.3 Å². The molecular weight excluding hydrogens is 216 g/mol. The zero-order valence-corrected chi connectivity index (χ0v) is 10.1. The lowest BCUT2D eigenvalue weighted by Crippen LogP contribution is -2.19. The summed E-state index contributed by atoms with van der Waals surface area (Å²) in [5.41, 5.74) is 0.787. The van der Waals surface area contributed by atoms with Gasteiger partial charge in [0.15, 0.2) is 5.78 Å². The Morgan fingerprint density at radius 3 is 2.06 bits per heavy atom. The second kappa shape index (κ2) is 3.99. The molecule has 0 bridgehead atoms. The van der Waals surface area contributed by atoms with Gasteiger partial charge in [0, 0.05) is 11.5 Å². The molecule has 2 rings (SSSR count). The summed E-state index contributed by atoms with van der Waals surface area (Å²) in [6.07, 6.45) is 1.39. The van der Waals surface area contributed by atoms with Crippen molar-refractivity contribution < 1.29 is 14.7 Å². The highest BCUT2D eigenvalue weighted by Gasteiger charge is 2.51. The fraction of sp³-hybridized carbons (Fsp3) is 0.429. The van der Waals surface area contributed by atoms with E-state index in [9.17, 15) is 9.59 Å². The van der Waals surface area contributed by atoms with E-state index in [4.69, 9.17) is 5.11 Å². The molecule has 0 heterocycles. The maximum absolute atomic E-state index is 11.7. The van der Waals surface area contributed by atoms with Crippen LogP contribution in [0.2, 0.25) is 0 Å². The SMILES string of the molecule is CC(C)C(=O)c1ccc(C2(C(=O)O)CC2)cc1. The quantitative estimate of drug-likeness (QED) is 0.812. The number of aliphatic carboxylic acids is 1. The van der Waals surface area contributed by atoms with Crippen molar-refractivity contribution in [3.8, 4) is 0 Å². The van der Waals surface area contributed by atoms with Crippen molar-refractivity contribution in [1.29, 1.82) is 0 Å². The number of carboxylic acids is 1. The number of rotatable bonds is 4. The molecule has 17 heavy (non-hydrogen) atoms. The van der Waals surface area contributed by atoms with Gasteiger partial charge in [0.1, 0.15) is 0 Å². The number of carboxylic acid groups (broad SMARTS) is 1. The summed E-state index contributed by atoms with van der Waals surface area (Å²) < 4.78 is 0. The first-order valence-electron chi connectivity index (χ1n) is 5.85. The highest BCUT2D eigenvalue weighted by Crippen LogP contribution is 2.48. The van der Waals surface area contributed by atoms with Gasteiger partial charge in [-0.25, -0.2) is 0 Å². The molecule has 1 N–H and O–H groups in total. The summed E-state index contributed by atoms with van der Waals surface area (Å²) >= 11 is 0. The zero-order valence-electron chi connectivity index (χ0n) is 10.1. The number of Topliss-reactive ketones (excluding diaryl/α,β-unsaturated/α-hetero) is 1. The minimum Gasteiger partial charge on any atom is -0.481 e. The fourth-order valence-electron chi connectivity index (χ4n) is 2.04. The van der Waals surface area contributed by atoms with Gasteiger partial charge >= 0.3 is 5.97 Å². The van der Waals surface area contributed by atoms with Crippen LogP contribution in [0.3, 0.4) is 0 Å². The van der Waals surface area contributed by atoms with Crippen LogP contribution in [0.15, 0.2) is 24.3 Å². The van der Waals surface area contributed by atoms with Crippen LogP contribution in [0, 0.1) is 5.92 Å². The highest BCUT2D eigenvalue weighted by molar-refractivity contribution is 5.97. The Kier molecular flexibility index (Phi) is 2.77. The molecule has 0 unspecified atom stereocenters. The van der Waals surface area contributed by atoms with Crippen LogP contribution in [0.25, 0.3) is 0 Å². The van der Waals surface area contributed by atoms with Gasteiger partial charge in [-0.05, 0) is 18.4 Å². The standard InChI is InChI=1S/C14H16O3/c1-9(2)12(15)10-3-5-11(6-4-10)14(7-8-14)13(16)17/h3-6,9H,7-8H2,1-2H3,(H,16,17). The summed E-state index contributed by atoms with van der Waals surface area (Å²) in [5.74, 6) is -0.702. The van der Waals surface area contributed by atoms with Crippen molar-refractivity contribution in [3.63, 3.8) is 0 Å². The topological polar surface area (TPSA) is 54.4 Å². The molecule has 0 amide bonds. The first-order valence-corrected chi connectivity index (χ1v) is 5.85. The Bertz CT molecular complexity index is 453. The Morgan fingerprint density at radius 1 is 1.18 bits per heavy atom. The van der Waals surface area contributed by atoms with Crippen LogP contribution < -0.4 is 0 Å². The third kappa shape index (κ3) is 1.97. The Labute approximate surface area is 100 Å². The maximum atomic E-state index is 11.7. The smallest absolute Gasteiger partial charge is 0.314 e. The van der Waals surface area contributed by atoms with E-state index in [0.717, 1.165) is 5.56 Å². The Morgan fingerprint density at radius 2 is 1.71 bits per heavy atom. The van der Waals surface area contributed by atoms with Gasteiger partial charge in [-0.2, -0.15) is 0 Å². The molecule has 1 saturated carbocycles. The van der Waals surface area contributed by atoms with Crippen LogP contribution >= 0.6 is 0 Å². The predicted octanol–water partition coefficient (Wildman–Crippen LogP) is 2.64. The van der Waals surface area contributed by atoms with Gasteiger partial charge in [-0.3, -0.25) is 9.59 Å². The molecule has 0 atom stereocenters. The van der Waals surface area contributed by atoms with Gasteiger partial charge in [-0.1, -0.05) is 38.1 Å². The minimum atomic E-state index is -0.763. The van der Waals surface area contributed by atoms with Crippen LogP contribution in [0.4, 0.5) is 0 Å². The molecule has 90 valence electrons. The number of hydrogen-bond acceptors (Lipinski definition) is 2. The molecule has 3 nitrogen and oxygen atoms in total. The third-order valence-corrected chi connectivity index (χ3v) is 3.41. The van der Waals surface area contributed by atoms with E-state index in [0.29, 0.717) is 18.4 Å². The summed E-state index contributed by atoms with van der Waals surface area (Å²) in [5, 5.41) is 9.16. The molecule has 3 heteroatoms. The van der Waals surface area contributed by atoms with E-state index >= 15 is 0 Å². The summed E-state index contributed by atoms with van der Waals surface area (Å²) in [4.78, 5) is 22.9. The first kappa shape index (κ1) is 11.8. The molecule has 1 aromatic carbocycles. The molecule has 1 aliphatic rings. The number of benzene rings is 1. The fourth-order valence-corrected chi connectivity index (χ4v) is 2.04. The number of hydrogen-bond donors (Lipinski definition) is 1. The van der Waals surface area contributed by atoms with Crippen LogP contribution in [-0.2, 0) is 10.2 Å². The van der Waals surface area contributed by atoms with E-state index in [-0.39, 0.29) is 11.7 Å². The Balaban J connectivity index is 2.25. The predicted molar refractivity (Wildman–Crippen MR) is 64.2 cm³/mol. The number of carbonyl (C=O) groups excluding carboxylic acids is 1. The van der Waals surface area contributed by atoms with Crippen molar-refractivity contribution in [3.05, 3.63) is 35.4 Å². The summed E-state index contributed by atoms with van der Waals surface area (Å²) in [6, 6.07) is 7.02. The Hall–Kier alpha value is -1.64. The lowest BCUT2D eigenvalue weighted by molar-refractivity contribution is -0.140. The highest BCUT2D eigenvalue weighted by atomic mass is 16.4. The molecule has 1 aliphatic carbocycles. The second-order valence-corrected chi connectivity index (χ2v) is 4.98. The normalized spacial score (nSPS) is 16.9. The molecular formula is C14H16O3. The van der Waals surface area contributed by atoms with Gasteiger partial charge in [-0.15, -0.1) is 0 Å². The van der Waals surface area contributed by atoms with Crippen molar-refractivity contribution in [2.24, 2.45) is 5.92 Å². The molecule has 0 spiro atoms. The monoisotopic (exact) mass is 232 g/mol. The molecule has 1 aromatic rings. The summed E-state index contributed by atoms with van der Waals surface area (Å²) in [7, 11) is 0. The maximum Gasteiger partial charge on any atom is 0.314 e. The number of carbonyl (C=O) groups is 2. The molecule has 1 fully saturated rings. The first-order chi connectivity index (χ1) is 7.97. The molecule has 0 aliphatic heterocycles. The molecule has 0 saturated heterocycles. The third-order valence-electron chi connectivity index (χ3n) is 3.41. The van der Waals surface area contributed by atoms with Crippen molar-refractivity contribution in [2.75, 3.05) is 0 Å². The van der Waals surface area contributed by atoms with E-state index in [2.05, 4.69) is 0 Å². The molecule has 0 radical (unpaired) electrons. The lowest BCUT2D eigenvalue weighted by atomic mass is 9.93. The van der Waals surface area contributed by atoms with Crippen LogP contribution in [0.5, 0.6) is 0 Å². The average molecular weight is 232 g/mol. The van der Waals surface area contributed by atoms with Gasteiger partial charge in [0.25, 0.3) is 0 Å². The van der Waals surface area contributed by atoms with E-state index in [1.165, 1.54) is 0 Å². The lowest BCUT2D eigenvalue weighted by Gasteiger charge is -2.11. The van der Waals surface area contributed by atoms with E-state index < -0.39 is 11.4 Å². The zero-order chi connectivity index (χ0) is 12.6. The minimum absolute atomic E-state index is 0.0322. The van der Waals surface area contributed by atoms with Gasteiger partial charge in [0.2, 0.25) is 0 Å².